The number of ether oxygens (including phenoxy) is 1. The van der Waals surface area contributed by atoms with Gasteiger partial charge >= 0.3 is 0 Å². The van der Waals surface area contributed by atoms with E-state index in [0.717, 1.165) is 11.4 Å². The Kier molecular flexibility index (Phi) is 5.03. The Hall–Kier alpha value is -3.22. The first-order valence-corrected chi connectivity index (χ1v) is 7.64. The molecule has 0 aliphatic carbocycles. The van der Waals surface area contributed by atoms with Crippen molar-refractivity contribution < 1.29 is 18.3 Å². The van der Waals surface area contributed by atoms with Crippen molar-refractivity contribution in [1.29, 1.82) is 0 Å². The molecule has 0 aliphatic rings. The fraction of sp³-hybridized carbons (Fsp3) is 0.167. The molecule has 1 amide bonds. The fourth-order valence-electron chi connectivity index (χ4n) is 2.14. The van der Waals surface area contributed by atoms with E-state index in [1.54, 1.807) is 12.1 Å². The number of carbonyl (C=O) groups excluding carboxylic acids is 1. The average molecular weight is 341 g/mol. The van der Waals surface area contributed by atoms with Crippen molar-refractivity contribution in [2.45, 2.75) is 20.1 Å². The molecule has 1 aromatic carbocycles. The van der Waals surface area contributed by atoms with E-state index in [4.69, 9.17) is 9.15 Å². The van der Waals surface area contributed by atoms with Gasteiger partial charge < -0.3 is 14.5 Å². The number of nitrogens with zero attached hydrogens (tertiary/aromatic N) is 2. The SMILES string of the molecule is Cc1cccc(CNC(=O)c2coc(COc3ccccc3F)n2)n1. The van der Waals surface area contributed by atoms with Crippen molar-refractivity contribution >= 4 is 5.91 Å². The van der Waals surface area contributed by atoms with Crippen LogP contribution in [0.2, 0.25) is 0 Å². The Bertz CT molecular complexity index is 879. The molecule has 0 spiro atoms. The lowest BCUT2D eigenvalue weighted by Crippen LogP contribution is -2.23. The van der Waals surface area contributed by atoms with Gasteiger partial charge in [-0.2, -0.15) is 0 Å². The van der Waals surface area contributed by atoms with Gasteiger partial charge in [0.25, 0.3) is 5.91 Å². The van der Waals surface area contributed by atoms with E-state index in [9.17, 15) is 9.18 Å². The van der Waals surface area contributed by atoms with Crippen molar-refractivity contribution in [3.8, 4) is 5.75 Å². The Morgan fingerprint density at radius 3 is 2.84 bits per heavy atom. The number of amides is 1. The van der Waals surface area contributed by atoms with E-state index in [-0.39, 0.29) is 36.4 Å². The molecule has 25 heavy (non-hydrogen) atoms. The standard InChI is InChI=1S/C18H16FN3O3/c1-12-5-4-6-13(21-12)9-20-18(23)15-10-25-17(22-15)11-24-16-8-3-2-7-14(16)19/h2-8,10H,9,11H2,1H3,(H,20,23). The summed E-state index contributed by atoms with van der Waals surface area (Å²) in [6.07, 6.45) is 1.24. The second-order valence-corrected chi connectivity index (χ2v) is 5.30. The third-order valence-electron chi connectivity index (χ3n) is 3.35. The predicted molar refractivity (Wildman–Crippen MR) is 87.4 cm³/mol. The van der Waals surface area contributed by atoms with E-state index in [0.29, 0.717) is 0 Å². The summed E-state index contributed by atoms with van der Waals surface area (Å²) < 4.78 is 23.9. The number of halogens is 1. The number of aryl methyl sites for hydroxylation is 1. The summed E-state index contributed by atoms with van der Waals surface area (Å²) >= 11 is 0. The molecule has 2 aromatic heterocycles. The first-order chi connectivity index (χ1) is 12.1. The van der Waals surface area contributed by atoms with Gasteiger partial charge in [0.1, 0.15) is 6.26 Å². The second-order valence-electron chi connectivity index (χ2n) is 5.30. The number of pyridine rings is 1. The molecule has 0 atom stereocenters. The summed E-state index contributed by atoms with van der Waals surface area (Å²) in [5.41, 5.74) is 1.75. The summed E-state index contributed by atoms with van der Waals surface area (Å²) in [7, 11) is 0. The molecule has 0 unspecified atom stereocenters. The predicted octanol–water partition coefficient (Wildman–Crippen LogP) is 3.03. The molecule has 0 radical (unpaired) electrons. The van der Waals surface area contributed by atoms with Crippen molar-refractivity contribution in [1.82, 2.24) is 15.3 Å². The maximum Gasteiger partial charge on any atom is 0.273 e. The minimum Gasteiger partial charge on any atom is -0.481 e. The van der Waals surface area contributed by atoms with Gasteiger partial charge in [-0.15, -0.1) is 0 Å². The van der Waals surface area contributed by atoms with Gasteiger partial charge in [0.2, 0.25) is 5.89 Å². The van der Waals surface area contributed by atoms with Crippen LogP contribution in [0.3, 0.4) is 0 Å². The molecule has 3 rings (SSSR count). The van der Waals surface area contributed by atoms with Crippen molar-refractivity contribution in [3.63, 3.8) is 0 Å². The summed E-state index contributed by atoms with van der Waals surface area (Å²) in [6, 6.07) is 11.6. The zero-order valence-electron chi connectivity index (χ0n) is 13.5. The molecule has 0 fully saturated rings. The number of carbonyl (C=O) groups is 1. The number of para-hydroxylation sites is 1. The topological polar surface area (TPSA) is 77.2 Å². The molecule has 6 nitrogen and oxygen atoms in total. The van der Waals surface area contributed by atoms with Gasteiger partial charge in [-0.05, 0) is 31.2 Å². The van der Waals surface area contributed by atoms with Crippen LogP contribution in [0.15, 0.2) is 53.1 Å². The lowest BCUT2D eigenvalue weighted by molar-refractivity contribution is 0.0945. The number of nitrogens with one attached hydrogen (secondary N) is 1. The monoisotopic (exact) mass is 341 g/mol. The second kappa shape index (κ2) is 7.57. The molecule has 128 valence electrons. The zero-order chi connectivity index (χ0) is 17.6. The molecule has 0 saturated carbocycles. The number of hydrogen-bond donors (Lipinski definition) is 1. The zero-order valence-corrected chi connectivity index (χ0v) is 13.5. The van der Waals surface area contributed by atoms with Crippen molar-refractivity contribution in [3.05, 3.63) is 77.5 Å². The highest BCUT2D eigenvalue weighted by atomic mass is 19.1. The van der Waals surface area contributed by atoms with Gasteiger partial charge in [0, 0.05) is 5.69 Å². The van der Waals surface area contributed by atoms with Crippen LogP contribution in [0.25, 0.3) is 0 Å². The lowest BCUT2D eigenvalue weighted by atomic mass is 10.3. The number of hydrogen-bond acceptors (Lipinski definition) is 5. The lowest BCUT2D eigenvalue weighted by Gasteiger charge is -2.04. The number of aromatic nitrogens is 2. The Labute approximate surface area is 143 Å². The van der Waals surface area contributed by atoms with Crippen LogP contribution in [0.1, 0.15) is 27.8 Å². The molecule has 7 heteroatoms. The van der Waals surface area contributed by atoms with Crippen LogP contribution in [-0.2, 0) is 13.2 Å². The minimum absolute atomic E-state index is 0.0757. The van der Waals surface area contributed by atoms with Gasteiger partial charge in [-0.3, -0.25) is 9.78 Å². The van der Waals surface area contributed by atoms with Gasteiger partial charge in [-0.25, -0.2) is 9.37 Å². The van der Waals surface area contributed by atoms with Crippen LogP contribution < -0.4 is 10.1 Å². The normalized spacial score (nSPS) is 10.5. The highest BCUT2D eigenvalue weighted by molar-refractivity contribution is 5.91. The number of benzene rings is 1. The maximum atomic E-state index is 13.5. The van der Waals surface area contributed by atoms with Crippen LogP contribution in [0.5, 0.6) is 5.75 Å². The molecular weight excluding hydrogens is 325 g/mol. The highest BCUT2D eigenvalue weighted by Gasteiger charge is 2.13. The Morgan fingerprint density at radius 1 is 1.20 bits per heavy atom. The maximum absolute atomic E-state index is 13.5. The summed E-state index contributed by atoms with van der Waals surface area (Å²) in [5.74, 6) is -0.582. The van der Waals surface area contributed by atoms with Gasteiger partial charge in [-0.1, -0.05) is 18.2 Å². The Balaban J connectivity index is 1.55. The number of rotatable bonds is 6. The van der Waals surface area contributed by atoms with E-state index < -0.39 is 5.82 Å². The molecule has 2 heterocycles. The first kappa shape index (κ1) is 16.6. The molecule has 3 aromatic rings. The molecular formula is C18H16FN3O3. The summed E-state index contributed by atoms with van der Waals surface area (Å²) in [6.45, 7) is 2.09. The van der Waals surface area contributed by atoms with E-state index in [2.05, 4.69) is 15.3 Å². The first-order valence-electron chi connectivity index (χ1n) is 7.64. The van der Waals surface area contributed by atoms with Crippen LogP contribution in [-0.4, -0.2) is 15.9 Å². The summed E-state index contributed by atoms with van der Waals surface area (Å²) in [5, 5.41) is 2.71. The van der Waals surface area contributed by atoms with Gasteiger partial charge in [0.05, 0.1) is 12.2 Å². The van der Waals surface area contributed by atoms with E-state index in [1.165, 1.54) is 18.4 Å². The average Bonchev–Trinajstić information content (AvgIpc) is 3.08. The smallest absolute Gasteiger partial charge is 0.273 e. The Morgan fingerprint density at radius 2 is 2.04 bits per heavy atom. The van der Waals surface area contributed by atoms with Gasteiger partial charge in [0.15, 0.2) is 23.9 Å². The van der Waals surface area contributed by atoms with E-state index >= 15 is 0 Å². The van der Waals surface area contributed by atoms with Crippen LogP contribution in [0.4, 0.5) is 4.39 Å². The highest BCUT2D eigenvalue weighted by Crippen LogP contribution is 2.17. The van der Waals surface area contributed by atoms with E-state index in [1.807, 2.05) is 25.1 Å². The minimum atomic E-state index is -0.474. The van der Waals surface area contributed by atoms with Crippen molar-refractivity contribution in [2.24, 2.45) is 0 Å². The fourth-order valence-corrected chi connectivity index (χ4v) is 2.14. The van der Waals surface area contributed by atoms with Crippen LogP contribution in [0, 0.1) is 12.7 Å². The molecule has 1 N–H and O–H groups in total. The third-order valence-corrected chi connectivity index (χ3v) is 3.35. The van der Waals surface area contributed by atoms with Crippen molar-refractivity contribution in [2.75, 3.05) is 0 Å². The quantitative estimate of drug-likeness (QED) is 0.746. The molecule has 0 bridgehead atoms. The summed E-state index contributed by atoms with van der Waals surface area (Å²) in [4.78, 5) is 20.4. The van der Waals surface area contributed by atoms with Crippen LogP contribution >= 0.6 is 0 Å². The largest absolute Gasteiger partial charge is 0.481 e. The number of oxazole rings is 1. The molecule has 0 saturated heterocycles. The molecule has 0 aliphatic heterocycles. The third kappa shape index (κ3) is 4.41.